The van der Waals surface area contributed by atoms with Crippen molar-refractivity contribution in [3.05, 3.63) is 66.0 Å². The Bertz CT molecular complexity index is 832. The number of pyridine rings is 1. The van der Waals surface area contributed by atoms with Crippen molar-refractivity contribution in [2.45, 2.75) is 38.5 Å². The average Bonchev–Trinajstić information content (AvgIpc) is 3.00. The SMILES string of the molecule is O=C(c1ccccn1)N1CCC([C@H]2CCCCN(CCc3ccccc3)C2=O)CC1. The molecule has 0 radical (unpaired) electrons. The lowest BCUT2D eigenvalue weighted by Crippen LogP contribution is -2.44. The Hall–Kier alpha value is -2.69. The smallest absolute Gasteiger partial charge is 0.272 e. The van der Waals surface area contributed by atoms with Gasteiger partial charge in [-0.05, 0) is 55.7 Å². The number of benzene rings is 1. The van der Waals surface area contributed by atoms with E-state index in [1.54, 1.807) is 12.3 Å². The summed E-state index contributed by atoms with van der Waals surface area (Å²) in [5.41, 5.74) is 1.79. The number of hydrogen-bond acceptors (Lipinski definition) is 3. The van der Waals surface area contributed by atoms with E-state index in [2.05, 4.69) is 34.1 Å². The second-order valence-corrected chi connectivity index (χ2v) is 8.51. The number of carbonyl (C=O) groups excluding carboxylic acids is 2. The molecule has 0 aliphatic carbocycles. The molecule has 4 rings (SSSR count). The fourth-order valence-corrected chi connectivity index (χ4v) is 4.86. The van der Waals surface area contributed by atoms with Gasteiger partial charge in [0.1, 0.15) is 5.69 Å². The van der Waals surface area contributed by atoms with Gasteiger partial charge in [-0.25, -0.2) is 0 Å². The number of likely N-dealkylation sites (tertiary alicyclic amines) is 2. The van der Waals surface area contributed by atoms with Gasteiger partial charge in [0.2, 0.25) is 5.91 Å². The first kappa shape index (κ1) is 20.6. The van der Waals surface area contributed by atoms with Crippen LogP contribution in [0.15, 0.2) is 54.7 Å². The van der Waals surface area contributed by atoms with Crippen molar-refractivity contribution in [2.24, 2.45) is 11.8 Å². The molecule has 2 amide bonds. The highest BCUT2D eigenvalue weighted by molar-refractivity contribution is 5.92. The molecule has 0 saturated carbocycles. The number of rotatable bonds is 5. The largest absolute Gasteiger partial charge is 0.342 e. The van der Waals surface area contributed by atoms with Crippen molar-refractivity contribution in [1.82, 2.24) is 14.8 Å². The third-order valence-electron chi connectivity index (χ3n) is 6.62. The molecule has 2 fully saturated rings. The van der Waals surface area contributed by atoms with Gasteiger partial charge in [0.15, 0.2) is 0 Å². The zero-order valence-corrected chi connectivity index (χ0v) is 17.6. The lowest BCUT2D eigenvalue weighted by atomic mass is 9.81. The van der Waals surface area contributed by atoms with E-state index in [0.717, 1.165) is 51.6 Å². The lowest BCUT2D eigenvalue weighted by molar-refractivity contribution is -0.137. The summed E-state index contributed by atoms with van der Waals surface area (Å²) in [5.74, 6) is 0.821. The molecule has 0 N–H and O–H groups in total. The zero-order chi connectivity index (χ0) is 20.8. The lowest BCUT2D eigenvalue weighted by Gasteiger charge is -2.36. The fraction of sp³-hybridized carbons (Fsp3) is 0.480. The molecule has 2 aliphatic heterocycles. The summed E-state index contributed by atoms with van der Waals surface area (Å²) in [4.78, 5) is 34.2. The summed E-state index contributed by atoms with van der Waals surface area (Å²) in [5, 5.41) is 0. The van der Waals surface area contributed by atoms with Crippen LogP contribution in [0.3, 0.4) is 0 Å². The number of aromatic nitrogens is 1. The first-order chi connectivity index (χ1) is 14.7. The molecule has 2 saturated heterocycles. The van der Waals surface area contributed by atoms with Gasteiger partial charge in [-0.15, -0.1) is 0 Å². The van der Waals surface area contributed by atoms with Crippen molar-refractivity contribution in [3.8, 4) is 0 Å². The monoisotopic (exact) mass is 405 g/mol. The number of hydrogen-bond donors (Lipinski definition) is 0. The van der Waals surface area contributed by atoms with Crippen LogP contribution in [0.4, 0.5) is 0 Å². The predicted octanol–water partition coefficient (Wildman–Crippen LogP) is 3.81. The molecule has 1 aromatic heterocycles. The molecule has 2 aromatic rings. The van der Waals surface area contributed by atoms with Crippen molar-refractivity contribution in [2.75, 3.05) is 26.2 Å². The van der Waals surface area contributed by atoms with Gasteiger partial charge in [-0.3, -0.25) is 14.6 Å². The van der Waals surface area contributed by atoms with E-state index in [4.69, 9.17) is 0 Å². The number of amides is 2. The molecule has 158 valence electrons. The van der Waals surface area contributed by atoms with E-state index in [1.807, 2.05) is 23.1 Å². The van der Waals surface area contributed by atoms with Crippen LogP contribution in [0.2, 0.25) is 0 Å². The summed E-state index contributed by atoms with van der Waals surface area (Å²) in [6.45, 7) is 3.11. The van der Waals surface area contributed by atoms with Crippen LogP contribution in [0.1, 0.15) is 48.2 Å². The van der Waals surface area contributed by atoms with Crippen LogP contribution in [-0.4, -0.2) is 52.8 Å². The first-order valence-corrected chi connectivity index (χ1v) is 11.3. The quantitative estimate of drug-likeness (QED) is 0.760. The molecular weight excluding hydrogens is 374 g/mol. The molecule has 1 aromatic carbocycles. The van der Waals surface area contributed by atoms with Crippen LogP contribution < -0.4 is 0 Å². The predicted molar refractivity (Wildman–Crippen MR) is 117 cm³/mol. The Morgan fingerprint density at radius 3 is 2.43 bits per heavy atom. The zero-order valence-electron chi connectivity index (χ0n) is 17.6. The number of piperidine rings is 1. The highest BCUT2D eigenvalue weighted by Gasteiger charge is 2.36. The van der Waals surface area contributed by atoms with E-state index in [9.17, 15) is 9.59 Å². The van der Waals surface area contributed by atoms with Gasteiger partial charge in [-0.2, -0.15) is 0 Å². The minimum atomic E-state index is 0.00531. The van der Waals surface area contributed by atoms with Crippen molar-refractivity contribution in [3.63, 3.8) is 0 Å². The van der Waals surface area contributed by atoms with E-state index >= 15 is 0 Å². The molecule has 5 nitrogen and oxygen atoms in total. The molecule has 5 heteroatoms. The van der Waals surface area contributed by atoms with Crippen LogP contribution in [-0.2, 0) is 11.2 Å². The normalized spacial score (nSPS) is 20.8. The molecule has 0 unspecified atom stereocenters. The molecule has 3 heterocycles. The van der Waals surface area contributed by atoms with Crippen molar-refractivity contribution in [1.29, 1.82) is 0 Å². The maximum atomic E-state index is 13.3. The van der Waals surface area contributed by atoms with Gasteiger partial charge in [0.05, 0.1) is 0 Å². The topological polar surface area (TPSA) is 53.5 Å². The maximum Gasteiger partial charge on any atom is 0.272 e. The molecular formula is C25H31N3O2. The van der Waals surface area contributed by atoms with Gasteiger partial charge in [-0.1, -0.05) is 42.8 Å². The van der Waals surface area contributed by atoms with Crippen molar-refractivity contribution >= 4 is 11.8 Å². The minimum Gasteiger partial charge on any atom is -0.342 e. The van der Waals surface area contributed by atoms with Gasteiger partial charge >= 0.3 is 0 Å². The Kier molecular flexibility index (Phi) is 6.77. The average molecular weight is 406 g/mol. The number of nitrogens with zero attached hydrogens (tertiary/aromatic N) is 3. The second-order valence-electron chi connectivity index (χ2n) is 8.51. The van der Waals surface area contributed by atoms with Crippen LogP contribution in [0.5, 0.6) is 0 Å². The standard InChI is InChI=1S/C25H31N3O2/c29-24-22(10-5-7-16-27(24)17-12-20-8-2-1-3-9-20)21-13-18-28(19-14-21)25(30)23-11-4-6-15-26-23/h1-4,6,8-9,11,15,21-22H,5,7,10,12-14,16-19H2/t22-/m1/s1. The van der Waals surface area contributed by atoms with Crippen molar-refractivity contribution < 1.29 is 9.59 Å². The van der Waals surface area contributed by atoms with Crippen LogP contribution >= 0.6 is 0 Å². The third-order valence-corrected chi connectivity index (χ3v) is 6.62. The summed E-state index contributed by atoms with van der Waals surface area (Å²) >= 11 is 0. The first-order valence-electron chi connectivity index (χ1n) is 11.3. The Morgan fingerprint density at radius 2 is 1.70 bits per heavy atom. The summed E-state index contributed by atoms with van der Waals surface area (Å²) < 4.78 is 0. The molecule has 2 aliphatic rings. The summed E-state index contributed by atoms with van der Waals surface area (Å²) in [6.07, 6.45) is 7.58. The van der Waals surface area contributed by atoms with E-state index < -0.39 is 0 Å². The minimum absolute atomic E-state index is 0.00531. The van der Waals surface area contributed by atoms with E-state index in [0.29, 0.717) is 30.6 Å². The Labute approximate surface area is 179 Å². The van der Waals surface area contributed by atoms with Gasteiger partial charge in [0, 0.05) is 38.3 Å². The molecule has 30 heavy (non-hydrogen) atoms. The van der Waals surface area contributed by atoms with Gasteiger partial charge < -0.3 is 9.80 Å². The Morgan fingerprint density at radius 1 is 0.933 bits per heavy atom. The summed E-state index contributed by atoms with van der Waals surface area (Å²) in [6, 6.07) is 15.9. The van der Waals surface area contributed by atoms with Crippen LogP contribution in [0, 0.1) is 11.8 Å². The molecule has 0 bridgehead atoms. The van der Waals surface area contributed by atoms with E-state index in [1.165, 1.54) is 5.56 Å². The maximum absolute atomic E-state index is 13.3. The Balaban J connectivity index is 1.34. The molecule has 0 spiro atoms. The molecule has 1 atom stereocenters. The fourth-order valence-electron chi connectivity index (χ4n) is 4.86. The highest BCUT2D eigenvalue weighted by Crippen LogP contribution is 2.32. The number of carbonyl (C=O) groups is 2. The third kappa shape index (κ3) is 4.89. The second kappa shape index (κ2) is 9.88. The van der Waals surface area contributed by atoms with Gasteiger partial charge in [0.25, 0.3) is 5.91 Å². The van der Waals surface area contributed by atoms with Crippen LogP contribution in [0.25, 0.3) is 0 Å². The van der Waals surface area contributed by atoms with E-state index in [-0.39, 0.29) is 11.8 Å². The summed E-state index contributed by atoms with van der Waals surface area (Å²) in [7, 11) is 0. The highest BCUT2D eigenvalue weighted by atomic mass is 16.2.